The molecular weight excluding hydrogens is 390 g/mol. The van der Waals surface area contributed by atoms with E-state index in [0.717, 1.165) is 22.6 Å². The molecule has 0 aliphatic rings. The SMILES string of the molecule is CN=C(NCc1ccc(CS(=O)(=O)NC(C)C)cc1)NCc1cc(C(C)C)no1. The molecule has 0 unspecified atom stereocenters. The Morgan fingerprint density at radius 3 is 2.24 bits per heavy atom. The number of guanidine groups is 1. The Balaban J connectivity index is 1.84. The molecule has 2 aromatic rings. The molecule has 0 saturated carbocycles. The minimum atomic E-state index is -3.32. The third-order valence-electron chi connectivity index (χ3n) is 4.08. The quantitative estimate of drug-likeness (QED) is 0.424. The maximum absolute atomic E-state index is 12.0. The van der Waals surface area contributed by atoms with Crippen LogP contribution in [0.4, 0.5) is 0 Å². The first kappa shape index (κ1) is 22.9. The maximum atomic E-state index is 12.0. The number of nitrogens with zero attached hydrogens (tertiary/aromatic N) is 2. The first-order chi connectivity index (χ1) is 13.7. The summed E-state index contributed by atoms with van der Waals surface area (Å²) in [6.07, 6.45) is 0. The molecule has 8 nitrogen and oxygen atoms in total. The minimum Gasteiger partial charge on any atom is -0.359 e. The van der Waals surface area contributed by atoms with Crippen LogP contribution in [0.2, 0.25) is 0 Å². The molecule has 9 heteroatoms. The molecule has 2 rings (SSSR count). The number of benzene rings is 1. The molecule has 3 N–H and O–H groups in total. The van der Waals surface area contributed by atoms with Crippen molar-refractivity contribution in [2.45, 2.75) is 58.5 Å². The van der Waals surface area contributed by atoms with E-state index < -0.39 is 10.0 Å². The first-order valence-corrected chi connectivity index (χ1v) is 11.3. The zero-order chi connectivity index (χ0) is 21.4. The highest BCUT2D eigenvalue weighted by molar-refractivity contribution is 7.88. The van der Waals surface area contributed by atoms with Crippen LogP contribution in [-0.4, -0.2) is 32.6 Å². The Labute approximate surface area is 173 Å². The second kappa shape index (κ2) is 10.4. The third-order valence-corrected chi connectivity index (χ3v) is 5.62. The van der Waals surface area contributed by atoms with Crippen LogP contribution in [0.5, 0.6) is 0 Å². The largest absolute Gasteiger partial charge is 0.359 e. The Bertz CT molecular complexity index is 902. The van der Waals surface area contributed by atoms with E-state index in [9.17, 15) is 8.42 Å². The highest BCUT2D eigenvalue weighted by atomic mass is 32.2. The summed E-state index contributed by atoms with van der Waals surface area (Å²) in [6.45, 7) is 8.79. The van der Waals surface area contributed by atoms with Gasteiger partial charge in [0.15, 0.2) is 11.7 Å². The molecule has 0 aliphatic carbocycles. The Morgan fingerprint density at radius 2 is 1.69 bits per heavy atom. The highest BCUT2D eigenvalue weighted by Gasteiger charge is 2.13. The van der Waals surface area contributed by atoms with E-state index in [1.165, 1.54) is 0 Å². The molecular formula is C20H31N5O3S. The molecule has 0 radical (unpaired) electrons. The highest BCUT2D eigenvalue weighted by Crippen LogP contribution is 2.13. The summed E-state index contributed by atoms with van der Waals surface area (Å²) in [4.78, 5) is 4.20. The van der Waals surface area contributed by atoms with Crippen molar-refractivity contribution in [2.75, 3.05) is 7.05 Å². The normalized spacial score (nSPS) is 12.6. The molecule has 0 atom stereocenters. The predicted molar refractivity (Wildman–Crippen MR) is 115 cm³/mol. The van der Waals surface area contributed by atoms with E-state index in [1.807, 2.05) is 30.3 Å². The van der Waals surface area contributed by atoms with Crippen LogP contribution in [0, 0.1) is 0 Å². The van der Waals surface area contributed by atoms with E-state index >= 15 is 0 Å². The zero-order valence-electron chi connectivity index (χ0n) is 17.7. The fourth-order valence-electron chi connectivity index (χ4n) is 2.64. The average molecular weight is 422 g/mol. The van der Waals surface area contributed by atoms with Crippen molar-refractivity contribution in [3.05, 3.63) is 52.9 Å². The number of hydrogen-bond acceptors (Lipinski definition) is 5. The van der Waals surface area contributed by atoms with Crippen molar-refractivity contribution in [3.63, 3.8) is 0 Å². The van der Waals surface area contributed by atoms with Gasteiger partial charge in [-0.15, -0.1) is 0 Å². The van der Waals surface area contributed by atoms with Crippen LogP contribution in [0.15, 0.2) is 39.8 Å². The van der Waals surface area contributed by atoms with E-state index in [4.69, 9.17) is 4.52 Å². The van der Waals surface area contributed by atoms with Crippen LogP contribution in [0.1, 0.15) is 56.2 Å². The fourth-order valence-corrected chi connectivity index (χ4v) is 4.07. The molecule has 0 spiro atoms. The number of rotatable bonds is 9. The Hall–Kier alpha value is -2.39. The third kappa shape index (κ3) is 7.86. The van der Waals surface area contributed by atoms with Crippen LogP contribution in [0.25, 0.3) is 0 Å². The molecule has 1 heterocycles. The van der Waals surface area contributed by atoms with Crippen LogP contribution in [0.3, 0.4) is 0 Å². The summed E-state index contributed by atoms with van der Waals surface area (Å²) in [6, 6.07) is 9.30. The smallest absolute Gasteiger partial charge is 0.216 e. The van der Waals surface area contributed by atoms with Gasteiger partial charge in [0, 0.05) is 25.7 Å². The Kier molecular flexibility index (Phi) is 8.21. The van der Waals surface area contributed by atoms with Gasteiger partial charge < -0.3 is 15.2 Å². The van der Waals surface area contributed by atoms with Gasteiger partial charge >= 0.3 is 0 Å². The first-order valence-electron chi connectivity index (χ1n) is 9.66. The van der Waals surface area contributed by atoms with Gasteiger partial charge in [-0.1, -0.05) is 43.3 Å². The number of aliphatic imine (C=N–C) groups is 1. The molecule has 29 heavy (non-hydrogen) atoms. The van der Waals surface area contributed by atoms with Gasteiger partial charge in [-0.2, -0.15) is 0 Å². The summed E-state index contributed by atoms with van der Waals surface area (Å²) in [5, 5.41) is 10.5. The Morgan fingerprint density at radius 1 is 1.07 bits per heavy atom. The average Bonchev–Trinajstić information content (AvgIpc) is 3.11. The topological polar surface area (TPSA) is 109 Å². The lowest BCUT2D eigenvalue weighted by Crippen LogP contribution is -2.36. The standard InChI is InChI=1S/C20H31N5O3S/c1-14(2)19-10-18(28-24-19)12-23-20(21-5)22-11-16-6-8-17(9-7-16)13-29(26,27)25-15(3)4/h6-10,14-15,25H,11-13H2,1-5H3,(H2,21,22,23). The predicted octanol–water partition coefficient (Wildman–Crippen LogP) is 2.49. The lowest BCUT2D eigenvalue weighted by Gasteiger charge is -2.12. The van der Waals surface area contributed by atoms with Gasteiger partial charge in [0.2, 0.25) is 10.0 Å². The number of sulfonamides is 1. The summed E-state index contributed by atoms with van der Waals surface area (Å²) in [7, 11) is -1.62. The lowest BCUT2D eigenvalue weighted by atomic mass is 10.1. The maximum Gasteiger partial charge on any atom is 0.216 e. The van der Waals surface area contributed by atoms with Crippen molar-refractivity contribution < 1.29 is 12.9 Å². The molecule has 0 amide bonds. The molecule has 0 bridgehead atoms. The molecule has 0 fully saturated rings. The van der Waals surface area contributed by atoms with E-state index in [1.54, 1.807) is 20.9 Å². The van der Waals surface area contributed by atoms with Gasteiger partial charge in [-0.05, 0) is 30.9 Å². The van der Waals surface area contributed by atoms with Crippen molar-refractivity contribution >= 4 is 16.0 Å². The second-order valence-corrected chi connectivity index (χ2v) is 9.25. The second-order valence-electron chi connectivity index (χ2n) is 7.50. The van der Waals surface area contributed by atoms with E-state index in [2.05, 4.69) is 39.4 Å². The van der Waals surface area contributed by atoms with Crippen LogP contribution in [-0.2, 0) is 28.9 Å². The van der Waals surface area contributed by atoms with Crippen LogP contribution < -0.4 is 15.4 Å². The van der Waals surface area contributed by atoms with Gasteiger partial charge in [0.1, 0.15) is 0 Å². The molecule has 0 aliphatic heterocycles. The zero-order valence-corrected chi connectivity index (χ0v) is 18.5. The van der Waals surface area contributed by atoms with Crippen molar-refractivity contribution in [1.82, 2.24) is 20.5 Å². The van der Waals surface area contributed by atoms with Gasteiger partial charge in [-0.3, -0.25) is 4.99 Å². The number of aromatic nitrogens is 1. The molecule has 1 aromatic carbocycles. The molecule has 160 valence electrons. The van der Waals surface area contributed by atoms with Crippen molar-refractivity contribution in [3.8, 4) is 0 Å². The summed E-state index contributed by atoms with van der Waals surface area (Å²) < 4.78 is 31.9. The monoisotopic (exact) mass is 421 g/mol. The van der Waals surface area contributed by atoms with Crippen molar-refractivity contribution in [1.29, 1.82) is 0 Å². The van der Waals surface area contributed by atoms with Gasteiger partial charge in [0.25, 0.3) is 0 Å². The minimum absolute atomic E-state index is 0.0301. The molecule has 1 aromatic heterocycles. The molecule has 0 saturated heterocycles. The fraction of sp³-hybridized carbons (Fsp3) is 0.500. The van der Waals surface area contributed by atoms with Gasteiger partial charge in [0.05, 0.1) is 18.0 Å². The van der Waals surface area contributed by atoms with E-state index in [-0.39, 0.29) is 11.8 Å². The lowest BCUT2D eigenvalue weighted by molar-refractivity contribution is 0.372. The number of hydrogen-bond donors (Lipinski definition) is 3. The van der Waals surface area contributed by atoms with Crippen molar-refractivity contribution in [2.24, 2.45) is 4.99 Å². The summed E-state index contributed by atoms with van der Waals surface area (Å²) in [5.74, 6) is 1.68. The summed E-state index contributed by atoms with van der Waals surface area (Å²) >= 11 is 0. The van der Waals surface area contributed by atoms with Gasteiger partial charge in [-0.25, -0.2) is 13.1 Å². The summed E-state index contributed by atoms with van der Waals surface area (Å²) in [5.41, 5.74) is 2.69. The number of nitrogens with one attached hydrogen (secondary N) is 3. The van der Waals surface area contributed by atoms with Crippen LogP contribution >= 0.6 is 0 Å². The van der Waals surface area contributed by atoms with E-state index in [0.29, 0.717) is 25.0 Å².